The quantitative estimate of drug-likeness (QED) is 0.789. The molecule has 1 aromatic carbocycles. The molecule has 122 valence electrons. The molecule has 0 bridgehead atoms. The first-order valence-corrected chi connectivity index (χ1v) is 9.43. The highest BCUT2D eigenvalue weighted by Crippen LogP contribution is 2.37. The summed E-state index contributed by atoms with van der Waals surface area (Å²) in [7, 11) is -3.51. The second-order valence-corrected chi connectivity index (χ2v) is 8.17. The molecule has 1 fully saturated rings. The molecule has 0 spiro atoms. The standard InChI is InChI=1S/C17H19ClN2O2S/c1-12-5-7-14(8-6-12)23(21,22)20-11-3-4-16(20)15-9-10-17(18)19-13(15)2/h5-10,16H,3-4,11H2,1-2H3/t16-/m0/s1. The Labute approximate surface area is 142 Å². The number of pyridine rings is 1. The molecule has 0 aliphatic carbocycles. The highest BCUT2D eigenvalue weighted by atomic mass is 35.5. The van der Waals surface area contributed by atoms with Gasteiger partial charge in [-0.25, -0.2) is 13.4 Å². The summed E-state index contributed by atoms with van der Waals surface area (Å²) in [5.74, 6) is 0. The topological polar surface area (TPSA) is 50.3 Å². The molecular formula is C17H19ClN2O2S. The lowest BCUT2D eigenvalue weighted by atomic mass is 10.0. The molecule has 1 aliphatic rings. The summed E-state index contributed by atoms with van der Waals surface area (Å²) < 4.78 is 27.6. The van der Waals surface area contributed by atoms with Crippen LogP contribution in [0.1, 0.15) is 35.7 Å². The minimum Gasteiger partial charge on any atom is -0.241 e. The summed E-state index contributed by atoms with van der Waals surface area (Å²) in [6, 6.07) is 10.4. The number of hydrogen-bond donors (Lipinski definition) is 0. The van der Waals surface area contributed by atoms with Crippen molar-refractivity contribution >= 4 is 21.6 Å². The molecule has 4 nitrogen and oxygen atoms in total. The van der Waals surface area contributed by atoms with Crippen molar-refractivity contribution in [3.05, 3.63) is 58.4 Å². The van der Waals surface area contributed by atoms with Gasteiger partial charge in [0.1, 0.15) is 5.15 Å². The maximum absolute atomic E-state index is 13.0. The summed E-state index contributed by atoms with van der Waals surface area (Å²) in [5.41, 5.74) is 2.76. The van der Waals surface area contributed by atoms with Crippen LogP contribution in [0.5, 0.6) is 0 Å². The molecule has 2 aromatic rings. The van der Waals surface area contributed by atoms with Crippen LogP contribution in [-0.4, -0.2) is 24.3 Å². The van der Waals surface area contributed by atoms with E-state index < -0.39 is 10.0 Å². The molecule has 23 heavy (non-hydrogen) atoms. The second kappa shape index (κ2) is 6.23. The predicted octanol–water partition coefficient (Wildman–Crippen LogP) is 3.88. The number of sulfonamides is 1. The number of rotatable bonds is 3. The van der Waals surface area contributed by atoms with Crippen molar-refractivity contribution < 1.29 is 8.42 Å². The van der Waals surface area contributed by atoms with E-state index in [0.717, 1.165) is 29.7 Å². The van der Waals surface area contributed by atoms with Crippen molar-refractivity contribution in [3.63, 3.8) is 0 Å². The molecular weight excluding hydrogens is 332 g/mol. The molecule has 0 saturated carbocycles. The maximum Gasteiger partial charge on any atom is 0.243 e. The lowest BCUT2D eigenvalue weighted by Crippen LogP contribution is -2.31. The van der Waals surface area contributed by atoms with Crippen LogP contribution in [0.15, 0.2) is 41.3 Å². The van der Waals surface area contributed by atoms with E-state index in [4.69, 9.17) is 11.6 Å². The highest BCUT2D eigenvalue weighted by Gasteiger charge is 2.36. The molecule has 0 amide bonds. The van der Waals surface area contributed by atoms with Crippen LogP contribution in [0.3, 0.4) is 0 Å². The van der Waals surface area contributed by atoms with Gasteiger partial charge in [-0.05, 0) is 50.5 Å². The third kappa shape index (κ3) is 3.13. The van der Waals surface area contributed by atoms with E-state index in [1.807, 2.05) is 32.0 Å². The average molecular weight is 351 g/mol. The van der Waals surface area contributed by atoms with Crippen molar-refractivity contribution in [3.8, 4) is 0 Å². The van der Waals surface area contributed by atoms with E-state index in [0.29, 0.717) is 16.6 Å². The van der Waals surface area contributed by atoms with Crippen LogP contribution in [0.2, 0.25) is 5.15 Å². The van der Waals surface area contributed by atoms with Crippen molar-refractivity contribution in [2.24, 2.45) is 0 Å². The van der Waals surface area contributed by atoms with Gasteiger partial charge in [-0.15, -0.1) is 0 Å². The van der Waals surface area contributed by atoms with Gasteiger partial charge in [0.15, 0.2) is 0 Å². The van der Waals surface area contributed by atoms with Crippen LogP contribution in [0, 0.1) is 13.8 Å². The van der Waals surface area contributed by atoms with Gasteiger partial charge in [0.25, 0.3) is 0 Å². The van der Waals surface area contributed by atoms with Crippen molar-refractivity contribution in [2.75, 3.05) is 6.54 Å². The van der Waals surface area contributed by atoms with E-state index in [2.05, 4.69) is 4.98 Å². The smallest absolute Gasteiger partial charge is 0.241 e. The first-order chi connectivity index (χ1) is 10.9. The van der Waals surface area contributed by atoms with E-state index >= 15 is 0 Å². The first-order valence-electron chi connectivity index (χ1n) is 7.61. The van der Waals surface area contributed by atoms with Gasteiger partial charge in [0.2, 0.25) is 10.0 Å². The zero-order chi connectivity index (χ0) is 16.6. The Balaban J connectivity index is 1.99. The summed E-state index contributed by atoms with van der Waals surface area (Å²) in [5, 5.41) is 0.428. The Morgan fingerprint density at radius 3 is 2.48 bits per heavy atom. The third-order valence-electron chi connectivity index (χ3n) is 4.28. The number of nitrogens with zero attached hydrogens (tertiary/aromatic N) is 2. The normalized spacial score (nSPS) is 19.2. The lowest BCUT2D eigenvalue weighted by molar-refractivity contribution is 0.395. The minimum absolute atomic E-state index is 0.175. The summed E-state index contributed by atoms with van der Waals surface area (Å²) in [6.45, 7) is 4.34. The number of benzene rings is 1. The molecule has 1 aromatic heterocycles. The molecule has 1 aliphatic heterocycles. The SMILES string of the molecule is Cc1ccc(S(=O)(=O)N2CCC[C@H]2c2ccc(Cl)nc2C)cc1. The minimum atomic E-state index is -3.51. The summed E-state index contributed by atoms with van der Waals surface area (Å²) in [4.78, 5) is 4.61. The van der Waals surface area contributed by atoms with E-state index in [-0.39, 0.29) is 6.04 Å². The van der Waals surface area contributed by atoms with Gasteiger partial charge in [0.05, 0.1) is 10.9 Å². The van der Waals surface area contributed by atoms with Crippen LogP contribution >= 0.6 is 11.6 Å². The average Bonchev–Trinajstić information content (AvgIpc) is 2.97. The summed E-state index contributed by atoms with van der Waals surface area (Å²) in [6.07, 6.45) is 1.65. The van der Waals surface area contributed by atoms with Gasteiger partial charge < -0.3 is 0 Å². The van der Waals surface area contributed by atoms with Gasteiger partial charge in [-0.1, -0.05) is 35.4 Å². The van der Waals surface area contributed by atoms with Gasteiger partial charge >= 0.3 is 0 Å². The van der Waals surface area contributed by atoms with Crippen LogP contribution < -0.4 is 0 Å². The molecule has 2 heterocycles. The summed E-state index contributed by atoms with van der Waals surface area (Å²) >= 11 is 5.92. The Morgan fingerprint density at radius 1 is 1.13 bits per heavy atom. The monoisotopic (exact) mass is 350 g/mol. The Morgan fingerprint density at radius 2 is 1.83 bits per heavy atom. The van der Waals surface area contributed by atoms with Crippen molar-refractivity contribution in [1.82, 2.24) is 9.29 Å². The van der Waals surface area contributed by atoms with Gasteiger partial charge in [-0.2, -0.15) is 4.31 Å². The van der Waals surface area contributed by atoms with Crippen LogP contribution in [0.25, 0.3) is 0 Å². The predicted molar refractivity (Wildman–Crippen MR) is 91.0 cm³/mol. The van der Waals surface area contributed by atoms with Crippen molar-refractivity contribution in [1.29, 1.82) is 0 Å². The maximum atomic E-state index is 13.0. The highest BCUT2D eigenvalue weighted by molar-refractivity contribution is 7.89. The molecule has 0 unspecified atom stereocenters. The van der Waals surface area contributed by atoms with Crippen molar-refractivity contribution in [2.45, 2.75) is 37.6 Å². The van der Waals surface area contributed by atoms with E-state index in [9.17, 15) is 8.42 Å². The first kappa shape index (κ1) is 16.4. The fourth-order valence-electron chi connectivity index (χ4n) is 3.08. The molecule has 1 saturated heterocycles. The molecule has 6 heteroatoms. The second-order valence-electron chi connectivity index (χ2n) is 5.90. The molecule has 0 radical (unpaired) electrons. The molecule has 3 rings (SSSR count). The fraction of sp³-hybridized carbons (Fsp3) is 0.353. The number of aromatic nitrogens is 1. The number of aryl methyl sites for hydroxylation is 2. The fourth-order valence-corrected chi connectivity index (χ4v) is 4.94. The zero-order valence-electron chi connectivity index (χ0n) is 13.2. The van der Waals surface area contributed by atoms with E-state index in [1.54, 1.807) is 22.5 Å². The number of hydrogen-bond acceptors (Lipinski definition) is 3. The zero-order valence-corrected chi connectivity index (χ0v) is 14.7. The lowest BCUT2D eigenvalue weighted by Gasteiger charge is -2.25. The Bertz CT molecular complexity index is 819. The van der Waals surface area contributed by atoms with Crippen LogP contribution in [-0.2, 0) is 10.0 Å². The van der Waals surface area contributed by atoms with Gasteiger partial charge in [-0.3, -0.25) is 0 Å². The largest absolute Gasteiger partial charge is 0.243 e. The number of halogens is 1. The molecule has 0 N–H and O–H groups in total. The Kier molecular flexibility index (Phi) is 4.45. The Hall–Kier alpha value is -1.43. The van der Waals surface area contributed by atoms with Gasteiger partial charge in [0, 0.05) is 12.2 Å². The van der Waals surface area contributed by atoms with Crippen LogP contribution in [0.4, 0.5) is 0 Å². The third-order valence-corrected chi connectivity index (χ3v) is 6.42. The van der Waals surface area contributed by atoms with E-state index in [1.165, 1.54) is 0 Å². The molecule has 1 atom stereocenters.